The molecule has 1 aromatic carbocycles. The largest absolute Gasteiger partial charge is 0.375 e. The molecule has 25 heavy (non-hydrogen) atoms. The molecule has 2 heterocycles. The standard InChI is InChI=1S/C17H22ClN3O3.ClH/c1-12-16(19-5-8-24-12)17(23)21-7-6-20(15(22)11-21)10-13-3-2-4-14(18)9-13;/h2-4,9,12,16,19H,5-8,10-11H2,1H3;1H/t12-,16+;/m1./s1. The maximum absolute atomic E-state index is 12.6. The molecule has 8 heteroatoms. The van der Waals surface area contributed by atoms with E-state index < -0.39 is 0 Å². The van der Waals surface area contributed by atoms with Gasteiger partial charge in [0.05, 0.1) is 19.3 Å². The number of nitrogens with zero attached hydrogens (tertiary/aromatic N) is 2. The van der Waals surface area contributed by atoms with Crippen LogP contribution in [-0.2, 0) is 20.9 Å². The van der Waals surface area contributed by atoms with E-state index in [0.29, 0.717) is 37.8 Å². The molecule has 2 aliphatic rings. The number of benzene rings is 1. The minimum absolute atomic E-state index is 0. The zero-order valence-electron chi connectivity index (χ0n) is 14.1. The first-order valence-electron chi connectivity index (χ1n) is 8.20. The lowest BCUT2D eigenvalue weighted by Gasteiger charge is -2.38. The van der Waals surface area contributed by atoms with Crippen LogP contribution in [-0.4, -0.2) is 66.5 Å². The summed E-state index contributed by atoms with van der Waals surface area (Å²) in [6.07, 6.45) is -0.175. The second kappa shape index (κ2) is 8.85. The van der Waals surface area contributed by atoms with Crippen molar-refractivity contribution < 1.29 is 14.3 Å². The molecule has 0 saturated carbocycles. The maximum Gasteiger partial charge on any atom is 0.242 e. The number of amides is 2. The molecule has 0 aliphatic carbocycles. The average molecular weight is 388 g/mol. The lowest BCUT2D eigenvalue weighted by atomic mass is 10.1. The summed E-state index contributed by atoms with van der Waals surface area (Å²) in [5.41, 5.74) is 0.992. The third kappa shape index (κ3) is 4.85. The lowest BCUT2D eigenvalue weighted by molar-refractivity contribution is -0.150. The van der Waals surface area contributed by atoms with Crippen molar-refractivity contribution in [3.8, 4) is 0 Å². The Morgan fingerprint density at radius 3 is 2.88 bits per heavy atom. The minimum atomic E-state index is -0.369. The second-order valence-electron chi connectivity index (χ2n) is 6.21. The molecular formula is C17H23Cl2N3O3. The monoisotopic (exact) mass is 387 g/mol. The lowest BCUT2D eigenvalue weighted by Crippen LogP contribution is -2.60. The molecule has 0 spiro atoms. The molecule has 2 amide bonds. The van der Waals surface area contributed by atoms with Gasteiger partial charge < -0.3 is 19.9 Å². The molecular weight excluding hydrogens is 365 g/mol. The summed E-state index contributed by atoms with van der Waals surface area (Å²) in [6, 6.07) is 7.12. The normalized spacial score (nSPS) is 24.0. The van der Waals surface area contributed by atoms with Crippen molar-refractivity contribution in [2.75, 3.05) is 32.8 Å². The highest BCUT2D eigenvalue weighted by Gasteiger charge is 2.35. The molecule has 2 saturated heterocycles. The van der Waals surface area contributed by atoms with Crippen LogP contribution in [0, 0.1) is 0 Å². The summed E-state index contributed by atoms with van der Waals surface area (Å²) >= 11 is 5.99. The van der Waals surface area contributed by atoms with Crippen LogP contribution in [0.2, 0.25) is 5.02 Å². The third-order valence-electron chi connectivity index (χ3n) is 4.48. The highest BCUT2D eigenvalue weighted by molar-refractivity contribution is 6.30. The van der Waals surface area contributed by atoms with Crippen LogP contribution in [0.15, 0.2) is 24.3 Å². The number of piperazine rings is 1. The fraction of sp³-hybridized carbons (Fsp3) is 0.529. The molecule has 6 nitrogen and oxygen atoms in total. The third-order valence-corrected chi connectivity index (χ3v) is 4.71. The first-order chi connectivity index (χ1) is 11.5. The van der Waals surface area contributed by atoms with Gasteiger partial charge in [-0.15, -0.1) is 12.4 Å². The Bertz CT molecular complexity index is 629. The number of carbonyl (C=O) groups is 2. The van der Waals surface area contributed by atoms with E-state index in [1.165, 1.54) is 0 Å². The molecule has 1 aromatic rings. The van der Waals surface area contributed by atoms with Crippen molar-refractivity contribution in [1.29, 1.82) is 0 Å². The Kier molecular flexibility index (Phi) is 7.07. The number of morpholine rings is 1. The van der Waals surface area contributed by atoms with Gasteiger partial charge in [-0.3, -0.25) is 9.59 Å². The van der Waals surface area contributed by atoms with Gasteiger partial charge in [-0.2, -0.15) is 0 Å². The van der Waals surface area contributed by atoms with Crippen molar-refractivity contribution in [1.82, 2.24) is 15.1 Å². The van der Waals surface area contributed by atoms with Crippen molar-refractivity contribution in [2.45, 2.75) is 25.6 Å². The fourth-order valence-corrected chi connectivity index (χ4v) is 3.34. The summed E-state index contributed by atoms with van der Waals surface area (Å²) in [5, 5.41) is 3.84. The van der Waals surface area contributed by atoms with Crippen LogP contribution < -0.4 is 5.32 Å². The number of rotatable bonds is 3. The maximum atomic E-state index is 12.6. The average Bonchev–Trinajstić information content (AvgIpc) is 2.56. The van der Waals surface area contributed by atoms with Gasteiger partial charge >= 0.3 is 0 Å². The quantitative estimate of drug-likeness (QED) is 0.849. The van der Waals surface area contributed by atoms with Gasteiger partial charge in [0.1, 0.15) is 6.04 Å². The Morgan fingerprint density at radius 2 is 2.20 bits per heavy atom. The number of carbonyl (C=O) groups excluding carboxylic acids is 2. The first-order valence-corrected chi connectivity index (χ1v) is 8.58. The first kappa shape index (κ1) is 20.0. The zero-order valence-corrected chi connectivity index (χ0v) is 15.7. The van der Waals surface area contributed by atoms with Crippen molar-refractivity contribution >= 4 is 35.8 Å². The Morgan fingerprint density at radius 1 is 1.40 bits per heavy atom. The summed E-state index contributed by atoms with van der Waals surface area (Å²) in [4.78, 5) is 28.4. The van der Waals surface area contributed by atoms with Gasteiger partial charge in [0.25, 0.3) is 0 Å². The molecule has 2 atom stereocenters. The van der Waals surface area contributed by atoms with E-state index in [2.05, 4.69) is 5.32 Å². The molecule has 2 fully saturated rings. The summed E-state index contributed by atoms with van der Waals surface area (Å²) < 4.78 is 5.52. The molecule has 0 bridgehead atoms. The molecule has 3 rings (SSSR count). The van der Waals surface area contributed by atoms with Gasteiger partial charge in [0.2, 0.25) is 11.8 Å². The Hall–Kier alpha value is -1.34. The molecule has 1 N–H and O–H groups in total. The summed E-state index contributed by atoms with van der Waals surface area (Å²) in [6.45, 7) is 4.84. The number of nitrogens with one attached hydrogen (secondary N) is 1. The molecule has 2 aliphatic heterocycles. The number of hydrogen-bond donors (Lipinski definition) is 1. The van der Waals surface area contributed by atoms with E-state index in [0.717, 1.165) is 5.56 Å². The van der Waals surface area contributed by atoms with E-state index in [9.17, 15) is 9.59 Å². The zero-order chi connectivity index (χ0) is 17.1. The minimum Gasteiger partial charge on any atom is -0.375 e. The van der Waals surface area contributed by atoms with Crippen molar-refractivity contribution in [2.24, 2.45) is 0 Å². The van der Waals surface area contributed by atoms with Crippen LogP contribution in [0.4, 0.5) is 0 Å². The van der Waals surface area contributed by atoms with Gasteiger partial charge in [0, 0.05) is 31.2 Å². The number of halogens is 2. The Balaban J connectivity index is 0.00000225. The predicted octanol–water partition coefficient (Wildman–Crippen LogP) is 1.31. The topological polar surface area (TPSA) is 61.9 Å². The van der Waals surface area contributed by atoms with E-state index >= 15 is 0 Å². The molecule has 0 aromatic heterocycles. The molecule has 0 unspecified atom stereocenters. The van der Waals surface area contributed by atoms with Gasteiger partial charge in [-0.25, -0.2) is 0 Å². The smallest absolute Gasteiger partial charge is 0.242 e. The van der Waals surface area contributed by atoms with E-state index in [4.69, 9.17) is 16.3 Å². The molecule has 0 radical (unpaired) electrons. The SMILES string of the molecule is C[C@H]1OCCN[C@@H]1C(=O)N1CCN(Cc2cccc(Cl)c2)C(=O)C1.Cl. The van der Waals surface area contributed by atoms with E-state index in [1.807, 2.05) is 31.2 Å². The van der Waals surface area contributed by atoms with Gasteiger partial charge in [0.15, 0.2) is 0 Å². The second-order valence-corrected chi connectivity index (χ2v) is 6.65. The van der Waals surface area contributed by atoms with Gasteiger partial charge in [-0.1, -0.05) is 23.7 Å². The summed E-state index contributed by atoms with van der Waals surface area (Å²) in [7, 11) is 0. The van der Waals surface area contributed by atoms with Crippen LogP contribution in [0.3, 0.4) is 0 Å². The van der Waals surface area contributed by atoms with Crippen LogP contribution in [0.5, 0.6) is 0 Å². The highest BCUT2D eigenvalue weighted by atomic mass is 35.5. The van der Waals surface area contributed by atoms with Crippen LogP contribution >= 0.6 is 24.0 Å². The van der Waals surface area contributed by atoms with E-state index in [1.54, 1.807) is 9.80 Å². The van der Waals surface area contributed by atoms with Crippen LogP contribution in [0.25, 0.3) is 0 Å². The predicted molar refractivity (Wildman–Crippen MR) is 97.9 cm³/mol. The van der Waals surface area contributed by atoms with Gasteiger partial charge in [-0.05, 0) is 24.6 Å². The fourth-order valence-electron chi connectivity index (χ4n) is 3.13. The summed E-state index contributed by atoms with van der Waals surface area (Å²) in [5.74, 6) is -0.100. The highest BCUT2D eigenvalue weighted by Crippen LogP contribution is 2.16. The number of hydrogen-bond acceptors (Lipinski definition) is 4. The molecule has 138 valence electrons. The van der Waals surface area contributed by atoms with E-state index in [-0.39, 0.29) is 42.9 Å². The Labute approximate surface area is 158 Å². The van der Waals surface area contributed by atoms with Crippen molar-refractivity contribution in [3.63, 3.8) is 0 Å². The van der Waals surface area contributed by atoms with Crippen LogP contribution in [0.1, 0.15) is 12.5 Å². The number of ether oxygens (including phenoxy) is 1. The van der Waals surface area contributed by atoms with Crippen molar-refractivity contribution in [3.05, 3.63) is 34.9 Å².